The van der Waals surface area contributed by atoms with Gasteiger partial charge in [0.05, 0.1) is 30.4 Å². The van der Waals surface area contributed by atoms with Crippen LogP contribution in [-0.4, -0.2) is 35.7 Å². The van der Waals surface area contributed by atoms with Crippen molar-refractivity contribution in [2.24, 2.45) is 0 Å². The Labute approximate surface area is 206 Å². The van der Waals surface area contributed by atoms with E-state index in [0.717, 1.165) is 47.7 Å². The smallest absolute Gasteiger partial charge is 0.227 e. The number of unbranched alkanes of at least 4 members (excludes halogenated alkanes) is 1. The van der Waals surface area contributed by atoms with E-state index in [1.54, 1.807) is 7.11 Å². The fourth-order valence-corrected chi connectivity index (χ4v) is 4.87. The summed E-state index contributed by atoms with van der Waals surface area (Å²) in [6, 6.07) is 24.1. The van der Waals surface area contributed by atoms with E-state index in [1.807, 2.05) is 59.5 Å². The molecule has 5 rings (SSSR count). The molecule has 4 aromatic rings. The van der Waals surface area contributed by atoms with Gasteiger partial charge in [-0.3, -0.25) is 4.79 Å². The number of benzene rings is 3. The molecule has 1 atom stereocenters. The molecule has 0 N–H and O–H groups in total. The topological polar surface area (TPSA) is 56.6 Å². The standard InChI is InChI=1S/C29H31N3O3/c1-21-10-9-11-23(18-21)35-17-8-7-16-31-25-13-4-3-12-24(25)30-29(31)22-19-28(33)32(20-22)26-14-5-6-15-27(26)34-2/h3-6,9-15,18,22H,7-8,16-17,19-20H2,1-2H3. The van der Waals surface area contributed by atoms with E-state index in [0.29, 0.717) is 25.3 Å². The van der Waals surface area contributed by atoms with Crippen LogP contribution in [0.15, 0.2) is 72.8 Å². The highest BCUT2D eigenvalue weighted by atomic mass is 16.5. The summed E-state index contributed by atoms with van der Waals surface area (Å²) in [5.41, 5.74) is 4.11. The van der Waals surface area contributed by atoms with Gasteiger partial charge in [0, 0.05) is 25.4 Å². The highest BCUT2D eigenvalue weighted by molar-refractivity contribution is 5.97. The first kappa shape index (κ1) is 23.0. The van der Waals surface area contributed by atoms with E-state index in [9.17, 15) is 4.79 Å². The van der Waals surface area contributed by atoms with E-state index in [4.69, 9.17) is 14.5 Å². The number of anilines is 1. The van der Waals surface area contributed by atoms with Crippen molar-refractivity contribution < 1.29 is 14.3 Å². The summed E-state index contributed by atoms with van der Waals surface area (Å²) >= 11 is 0. The van der Waals surface area contributed by atoms with E-state index < -0.39 is 0 Å². The third kappa shape index (κ3) is 4.87. The lowest BCUT2D eigenvalue weighted by Crippen LogP contribution is -2.25. The van der Waals surface area contributed by atoms with E-state index >= 15 is 0 Å². The van der Waals surface area contributed by atoms with Gasteiger partial charge in [-0.05, 0) is 61.7 Å². The van der Waals surface area contributed by atoms with Crippen molar-refractivity contribution in [3.63, 3.8) is 0 Å². The number of ether oxygens (including phenoxy) is 2. The fourth-order valence-electron chi connectivity index (χ4n) is 4.87. The van der Waals surface area contributed by atoms with Crippen LogP contribution in [0, 0.1) is 6.92 Å². The summed E-state index contributed by atoms with van der Waals surface area (Å²) in [6.07, 6.45) is 2.35. The minimum Gasteiger partial charge on any atom is -0.495 e. The Morgan fingerprint density at radius 2 is 1.83 bits per heavy atom. The van der Waals surface area contributed by atoms with Crippen LogP contribution in [0.2, 0.25) is 0 Å². The molecule has 0 spiro atoms. The van der Waals surface area contributed by atoms with Gasteiger partial charge in [0.2, 0.25) is 5.91 Å². The van der Waals surface area contributed by atoms with Crippen LogP contribution in [0.25, 0.3) is 11.0 Å². The number of amides is 1. The fraction of sp³-hybridized carbons (Fsp3) is 0.310. The van der Waals surface area contributed by atoms with Crippen molar-refractivity contribution in [3.8, 4) is 11.5 Å². The van der Waals surface area contributed by atoms with Crippen LogP contribution in [0.1, 0.15) is 36.6 Å². The van der Waals surface area contributed by atoms with Gasteiger partial charge in [0.25, 0.3) is 0 Å². The van der Waals surface area contributed by atoms with Crippen LogP contribution >= 0.6 is 0 Å². The van der Waals surface area contributed by atoms with Crippen molar-refractivity contribution in [3.05, 3.63) is 84.2 Å². The van der Waals surface area contributed by atoms with Crippen molar-refractivity contribution in [1.82, 2.24) is 9.55 Å². The largest absolute Gasteiger partial charge is 0.495 e. The maximum Gasteiger partial charge on any atom is 0.227 e. The molecular formula is C29H31N3O3. The van der Waals surface area contributed by atoms with E-state index in [2.05, 4.69) is 29.7 Å². The number of hydrogen-bond donors (Lipinski definition) is 0. The zero-order valence-corrected chi connectivity index (χ0v) is 20.3. The number of rotatable bonds is 9. The highest BCUT2D eigenvalue weighted by Crippen LogP contribution is 2.37. The lowest BCUT2D eigenvalue weighted by Gasteiger charge is -2.19. The molecule has 1 aliphatic heterocycles. The molecule has 3 aromatic carbocycles. The Balaban J connectivity index is 1.31. The van der Waals surface area contributed by atoms with Gasteiger partial charge in [-0.1, -0.05) is 36.4 Å². The van der Waals surface area contributed by atoms with E-state index in [1.165, 1.54) is 5.56 Å². The molecule has 1 aromatic heterocycles. The SMILES string of the molecule is COc1ccccc1N1CC(c2nc3ccccc3n2CCCCOc2cccc(C)c2)CC1=O. The Morgan fingerprint density at radius 1 is 1.00 bits per heavy atom. The molecule has 6 heteroatoms. The summed E-state index contributed by atoms with van der Waals surface area (Å²) < 4.78 is 13.7. The van der Waals surface area contributed by atoms with Gasteiger partial charge in [0.1, 0.15) is 17.3 Å². The van der Waals surface area contributed by atoms with Gasteiger partial charge < -0.3 is 18.9 Å². The van der Waals surface area contributed by atoms with Crippen LogP contribution in [0.3, 0.4) is 0 Å². The van der Waals surface area contributed by atoms with Gasteiger partial charge in [-0.15, -0.1) is 0 Å². The minimum absolute atomic E-state index is 0.0309. The number of imidazole rings is 1. The molecule has 0 radical (unpaired) electrons. The summed E-state index contributed by atoms with van der Waals surface area (Å²) in [5.74, 6) is 2.74. The van der Waals surface area contributed by atoms with Crippen LogP contribution in [0.4, 0.5) is 5.69 Å². The van der Waals surface area contributed by atoms with E-state index in [-0.39, 0.29) is 11.8 Å². The van der Waals surface area contributed by atoms with Crippen molar-refractivity contribution in [2.45, 2.75) is 38.6 Å². The second-order valence-electron chi connectivity index (χ2n) is 9.06. The van der Waals surface area contributed by atoms with Crippen molar-refractivity contribution in [1.29, 1.82) is 0 Å². The Kier molecular flexibility index (Phi) is 6.70. The number of carbonyl (C=O) groups excluding carboxylic acids is 1. The van der Waals surface area contributed by atoms with Crippen LogP contribution in [0.5, 0.6) is 11.5 Å². The summed E-state index contributed by atoms with van der Waals surface area (Å²) in [7, 11) is 1.64. The number of fused-ring (bicyclic) bond motifs is 1. The molecule has 1 amide bonds. The van der Waals surface area contributed by atoms with Crippen LogP contribution in [-0.2, 0) is 11.3 Å². The first-order valence-electron chi connectivity index (χ1n) is 12.2. The Bertz CT molecular complexity index is 1330. The molecule has 1 saturated heterocycles. The maximum absolute atomic E-state index is 13.0. The number of carbonyl (C=O) groups is 1. The normalized spacial score (nSPS) is 15.7. The van der Waals surface area contributed by atoms with Crippen LogP contribution < -0.4 is 14.4 Å². The Morgan fingerprint density at radius 3 is 2.69 bits per heavy atom. The Hall–Kier alpha value is -3.80. The zero-order valence-electron chi connectivity index (χ0n) is 20.3. The third-order valence-electron chi connectivity index (χ3n) is 6.58. The highest BCUT2D eigenvalue weighted by Gasteiger charge is 2.35. The second kappa shape index (κ2) is 10.2. The summed E-state index contributed by atoms with van der Waals surface area (Å²) in [5, 5.41) is 0. The van der Waals surface area contributed by atoms with Crippen molar-refractivity contribution >= 4 is 22.6 Å². The maximum atomic E-state index is 13.0. The van der Waals surface area contributed by atoms with Gasteiger partial charge in [-0.2, -0.15) is 0 Å². The number of methoxy groups -OCH3 is 1. The first-order valence-corrected chi connectivity index (χ1v) is 12.2. The number of aryl methyl sites for hydroxylation is 2. The van der Waals surface area contributed by atoms with Gasteiger partial charge >= 0.3 is 0 Å². The molecule has 6 nitrogen and oxygen atoms in total. The predicted molar refractivity (Wildman–Crippen MR) is 138 cm³/mol. The van der Waals surface area contributed by atoms with Crippen molar-refractivity contribution in [2.75, 3.05) is 25.2 Å². The predicted octanol–water partition coefficient (Wildman–Crippen LogP) is 5.73. The molecule has 35 heavy (non-hydrogen) atoms. The molecule has 0 aliphatic carbocycles. The molecule has 1 fully saturated rings. The summed E-state index contributed by atoms with van der Waals surface area (Å²) in [4.78, 5) is 19.8. The molecule has 2 heterocycles. The molecular weight excluding hydrogens is 438 g/mol. The third-order valence-corrected chi connectivity index (χ3v) is 6.58. The molecule has 1 unspecified atom stereocenters. The molecule has 0 bridgehead atoms. The molecule has 180 valence electrons. The lowest BCUT2D eigenvalue weighted by molar-refractivity contribution is -0.117. The number of para-hydroxylation sites is 4. The monoisotopic (exact) mass is 469 g/mol. The summed E-state index contributed by atoms with van der Waals surface area (Å²) in [6.45, 7) is 4.18. The van der Waals surface area contributed by atoms with Gasteiger partial charge in [0.15, 0.2) is 0 Å². The second-order valence-corrected chi connectivity index (χ2v) is 9.06. The number of hydrogen-bond acceptors (Lipinski definition) is 4. The average Bonchev–Trinajstić information content (AvgIpc) is 3.44. The molecule has 1 aliphatic rings. The quantitative estimate of drug-likeness (QED) is 0.294. The zero-order chi connectivity index (χ0) is 24.2. The number of nitrogens with zero attached hydrogens (tertiary/aromatic N) is 3. The lowest BCUT2D eigenvalue weighted by atomic mass is 10.1. The average molecular weight is 470 g/mol. The molecule has 0 saturated carbocycles. The first-order chi connectivity index (χ1) is 17.1. The van der Waals surface area contributed by atoms with Gasteiger partial charge in [-0.25, -0.2) is 4.98 Å². The minimum atomic E-state index is 0.0309. The number of aromatic nitrogens is 2.